The van der Waals surface area contributed by atoms with Crippen molar-refractivity contribution in [3.8, 4) is 0 Å². The lowest BCUT2D eigenvalue weighted by atomic mass is 10.2. The number of carbonyl (C=O) groups is 1. The van der Waals surface area contributed by atoms with Crippen LogP contribution in [0.1, 0.15) is 28.9 Å². The normalized spacial score (nSPS) is 19.2. The van der Waals surface area contributed by atoms with Crippen LogP contribution in [0.2, 0.25) is 0 Å². The number of carboxylic acid groups (broad SMARTS) is 1. The fraction of sp³-hybridized carbons (Fsp3) is 0.545. The Morgan fingerprint density at radius 3 is 3.12 bits per heavy atom. The van der Waals surface area contributed by atoms with E-state index in [1.54, 1.807) is 6.92 Å². The Morgan fingerprint density at radius 2 is 2.53 bits per heavy atom. The zero-order chi connectivity index (χ0) is 12.3. The Morgan fingerprint density at radius 1 is 1.71 bits per heavy atom. The fourth-order valence-electron chi connectivity index (χ4n) is 1.77. The van der Waals surface area contributed by atoms with Crippen LogP contribution in [0.3, 0.4) is 0 Å². The molecule has 2 N–H and O–H groups in total. The van der Waals surface area contributed by atoms with Crippen molar-refractivity contribution in [1.82, 2.24) is 9.97 Å². The first-order valence-corrected chi connectivity index (χ1v) is 5.59. The van der Waals surface area contributed by atoms with Crippen LogP contribution in [0.5, 0.6) is 0 Å². The van der Waals surface area contributed by atoms with Crippen LogP contribution in [0.15, 0.2) is 6.20 Å². The van der Waals surface area contributed by atoms with Gasteiger partial charge in [-0.25, -0.2) is 14.8 Å². The maximum Gasteiger partial charge on any atom is 0.339 e. The van der Waals surface area contributed by atoms with E-state index in [0.717, 1.165) is 19.4 Å². The molecule has 92 valence electrons. The molecule has 1 aliphatic heterocycles. The molecule has 2 heterocycles. The lowest BCUT2D eigenvalue weighted by Gasteiger charge is -2.11. The van der Waals surface area contributed by atoms with E-state index in [2.05, 4.69) is 15.3 Å². The molecule has 6 heteroatoms. The third kappa shape index (κ3) is 2.91. The lowest BCUT2D eigenvalue weighted by molar-refractivity contribution is 0.0695. The number of aromatic carboxylic acids is 1. The molecule has 1 saturated heterocycles. The largest absolute Gasteiger partial charge is 0.478 e. The average Bonchev–Trinajstić information content (AvgIpc) is 2.78. The van der Waals surface area contributed by atoms with Gasteiger partial charge in [-0.3, -0.25) is 0 Å². The van der Waals surface area contributed by atoms with E-state index in [0.29, 0.717) is 18.2 Å². The standard InChI is InChI=1S/C11H15N3O3/c1-7-9(10(15)16)6-13-11(14-7)12-5-8-3-2-4-17-8/h6,8H,2-5H2,1H3,(H,15,16)(H,12,13,14)/t8-/m0/s1. The summed E-state index contributed by atoms with van der Waals surface area (Å²) < 4.78 is 5.45. The minimum Gasteiger partial charge on any atom is -0.478 e. The second-order valence-corrected chi connectivity index (χ2v) is 4.01. The highest BCUT2D eigenvalue weighted by molar-refractivity contribution is 5.88. The molecule has 0 unspecified atom stereocenters. The number of hydrogen-bond donors (Lipinski definition) is 2. The van der Waals surface area contributed by atoms with Gasteiger partial charge in [0.15, 0.2) is 0 Å². The summed E-state index contributed by atoms with van der Waals surface area (Å²) in [5, 5.41) is 11.9. The van der Waals surface area contributed by atoms with E-state index in [9.17, 15) is 4.79 Å². The van der Waals surface area contributed by atoms with E-state index in [1.807, 2.05) is 0 Å². The number of rotatable bonds is 4. The summed E-state index contributed by atoms with van der Waals surface area (Å²) >= 11 is 0. The number of hydrogen-bond acceptors (Lipinski definition) is 5. The van der Waals surface area contributed by atoms with Crippen LogP contribution in [0.4, 0.5) is 5.95 Å². The maximum atomic E-state index is 10.8. The first kappa shape index (κ1) is 11.8. The molecule has 6 nitrogen and oxygen atoms in total. The summed E-state index contributed by atoms with van der Waals surface area (Å²) in [6, 6.07) is 0. The summed E-state index contributed by atoms with van der Waals surface area (Å²) in [5.41, 5.74) is 0.593. The summed E-state index contributed by atoms with van der Waals surface area (Å²) in [6.07, 6.45) is 3.66. The highest BCUT2D eigenvalue weighted by Gasteiger charge is 2.16. The number of aryl methyl sites for hydroxylation is 1. The first-order chi connectivity index (χ1) is 8.16. The van der Waals surface area contributed by atoms with Crippen LogP contribution in [-0.2, 0) is 4.74 Å². The summed E-state index contributed by atoms with van der Waals surface area (Å²) in [4.78, 5) is 18.8. The SMILES string of the molecule is Cc1nc(NC[C@@H]2CCCO2)ncc1C(=O)O. The van der Waals surface area contributed by atoms with Crippen LogP contribution < -0.4 is 5.32 Å². The van der Waals surface area contributed by atoms with Gasteiger partial charge in [-0.05, 0) is 19.8 Å². The van der Waals surface area contributed by atoms with Gasteiger partial charge in [-0.15, -0.1) is 0 Å². The van der Waals surface area contributed by atoms with Crippen LogP contribution >= 0.6 is 0 Å². The zero-order valence-corrected chi connectivity index (χ0v) is 9.64. The Labute approximate surface area is 99.0 Å². The van der Waals surface area contributed by atoms with Gasteiger partial charge in [0.05, 0.1) is 17.4 Å². The minimum atomic E-state index is -1.01. The monoisotopic (exact) mass is 237 g/mol. The van der Waals surface area contributed by atoms with Gasteiger partial charge in [0, 0.05) is 19.3 Å². The summed E-state index contributed by atoms with van der Waals surface area (Å²) in [6.45, 7) is 3.12. The van der Waals surface area contributed by atoms with Gasteiger partial charge in [-0.2, -0.15) is 0 Å². The predicted molar refractivity (Wildman–Crippen MR) is 61.2 cm³/mol. The Balaban J connectivity index is 1.97. The van der Waals surface area contributed by atoms with E-state index in [1.165, 1.54) is 6.20 Å². The van der Waals surface area contributed by atoms with Crippen molar-refractivity contribution in [2.45, 2.75) is 25.9 Å². The van der Waals surface area contributed by atoms with Crippen molar-refractivity contribution in [3.05, 3.63) is 17.5 Å². The molecule has 0 bridgehead atoms. The van der Waals surface area contributed by atoms with Gasteiger partial charge in [0.25, 0.3) is 0 Å². The molecule has 1 aromatic heterocycles. The molecule has 0 saturated carbocycles. The number of nitrogens with zero attached hydrogens (tertiary/aromatic N) is 2. The molecule has 1 aromatic rings. The molecular weight excluding hydrogens is 222 g/mol. The Hall–Kier alpha value is -1.69. The Kier molecular flexibility index (Phi) is 3.53. The topological polar surface area (TPSA) is 84.3 Å². The molecule has 1 aliphatic rings. The molecule has 1 atom stereocenters. The number of ether oxygens (including phenoxy) is 1. The number of aromatic nitrogens is 2. The van der Waals surface area contributed by atoms with E-state index >= 15 is 0 Å². The predicted octanol–water partition coefficient (Wildman–Crippen LogP) is 1.07. The number of nitrogens with one attached hydrogen (secondary N) is 1. The third-order valence-corrected chi connectivity index (χ3v) is 2.72. The Bertz CT molecular complexity index is 416. The first-order valence-electron chi connectivity index (χ1n) is 5.59. The molecule has 0 amide bonds. The molecule has 0 radical (unpaired) electrons. The maximum absolute atomic E-state index is 10.8. The minimum absolute atomic E-state index is 0.132. The zero-order valence-electron chi connectivity index (χ0n) is 9.64. The van der Waals surface area contributed by atoms with Gasteiger partial charge < -0.3 is 15.2 Å². The van der Waals surface area contributed by atoms with Crippen molar-refractivity contribution in [1.29, 1.82) is 0 Å². The van der Waals surface area contributed by atoms with Gasteiger partial charge in [0.1, 0.15) is 0 Å². The van der Waals surface area contributed by atoms with Crippen molar-refractivity contribution in [3.63, 3.8) is 0 Å². The second-order valence-electron chi connectivity index (χ2n) is 4.01. The van der Waals surface area contributed by atoms with Gasteiger partial charge in [-0.1, -0.05) is 0 Å². The molecule has 1 fully saturated rings. The number of anilines is 1. The second kappa shape index (κ2) is 5.09. The van der Waals surface area contributed by atoms with Crippen molar-refractivity contribution >= 4 is 11.9 Å². The highest BCUT2D eigenvalue weighted by atomic mass is 16.5. The van der Waals surface area contributed by atoms with Crippen LogP contribution in [0, 0.1) is 6.92 Å². The quantitative estimate of drug-likeness (QED) is 0.815. The van der Waals surface area contributed by atoms with Crippen molar-refractivity contribution < 1.29 is 14.6 Å². The molecular formula is C11H15N3O3. The van der Waals surface area contributed by atoms with Crippen LogP contribution in [-0.4, -0.2) is 40.3 Å². The van der Waals surface area contributed by atoms with Crippen LogP contribution in [0.25, 0.3) is 0 Å². The lowest BCUT2D eigenvalue weighted by Crippen LogP contribution is -2.20. The van der Waals surface area contributed by atoms with E-state index < -0.39 is 5.97 Å². The summed E-state index contributed by atoms with van der Waals surface area (Å²) in [5.74, 6) is -0.559. The number of carboxylic acids is 1. The van der Waals surface area contributed by atoms with Crippen molar-refractivity contribution in [2.24, 2.45) is 0 Å². The molecule has 0 aliphatic carbocycles. The smallest absolute Gasteiger partial charge is 0.339 e. The van der Waals surface area contributed by atoms with Gasteiger partial charge in [0.2, 0.25) is 5.95 Å². The average molecular weight is 237 g/mol. The molecule has 0 aromatic carbocycles. The fourth-order valence-corrected chi connectivity index (χ4v) is 1.77. The summed E-state index contributed by atoms with van der Waals surface area (Å²) in [7, 11) is 0. The van der Waals surface area contributed by atoms with E-state index in [-0.39, 0.29) is 11.7 Å². The highest BCUT2D eigenvalue weighted by Crippen LogP contribution is 2.13. The van der Waals surface area contributed by atoms with E-state index in [4.69, 9.17) is 9.84 Å². The van der Waals surface area contributed by atoms with Gasteiger partial charge >= 0.3 is 5.97 Å². The third-order valence-electron chi connectivity index (χ3n) is 2.72. The molecule has 0 spiro atoms. The van der Waals surface area contributed by atoms with Crippen molar-refractivity contribution in [2.75, 3.05) is 18.5 Å². The molecule has 17 heavy (non-hydrogen) atoms. The molecule has 2 rings (SSSR count).